The number of halogens is 1. The average molecular weight is 306 g/mol. The van der Waals surface area contributed by atoms with Crippen molar-refractivity contribution in [1.29, 1.82) is 0 Å². The Kier molecular flexibility index (Phi) is 4.63. The van der Waals surface area contributed by atoms with Crippen LogP contribution in [0.2, 0.25) is 0 Å². The standard InChI is InChI=1S/C16H19FN2OS/c17-15-7-2-1-6-14(15)16-18-12(11-21-16)9-19-8-4-3-5-13(19)10-20/h1-2,6-7,11,13,20H,3-5,8-10H2. The lowest BCUT2D eigenvalue weighted by Crippen LogP contribution is -2.41. The van der Waals surface area contributed by atoms with Crippen LogP contribution in [0.15, 0.2) is 29.6 Å². The molecule has 1 atom stereocenters. The van der Waals surface area contributed by atoms with Gasteiger partial charge in [-0.2, -0.15) is 0 Å². The molecule has 1 aromatic heterocycles. The maximum atomic E-state index is 13.8. The molecule has 3 nitrogen and oxygen atoms in total. The number of nitrogens with zero attached hydrogens (tertiary/aromatic N) is 2. The second-order valence-electron chi connectivity index (χ2n) is 5.43. The number of benzene rings is 1. The maximum Gasteiger partial charge on any atom is 0.133 e. The van der Waals surface area contributed by atoms with Crippen molar-refractivity contribution in [3.8, 4) is 10.6 Å². The summed E-state index contributed by atoms with van der Waals surface area (Å²) < 4.78 is 13.8. The lowest BCUT2D eigenvalue weighted by atomic mass is 10.0. The Bertz CT molecular complexity index is 601. The Morgan fingerprint density at radius 1 is 1.33 bits per heavy atom. The van der Waals surface area contributed by atoms with Crippen LogP contribution in [0.25, 0.3) is 10.6 Å². The van der Waals surface area contributed by atoms with Crippen LogP contribution in [0.4, 0.5) is 4.39 Å². The van der Waals surface area contributed by atoms with E-state index in [1.807, 2.05) is 11.4 Å². The molecule has 112 valence electrons. The highest BCUT2D eigenvalue weighted by molar-refractivity contribution is 7.13. The monoisotopic (exact) mass is 306 g/mol. The third-order valence-electron chi connectivity index (χ3n) is 3.98. The molecule has 1 fully saturated rings. The van der Waals surface area contributed by atoms with E-state index in [4.69, 9.17) is 0 Å². The molecule has 0 spiro atoms. The summed E-state index contributed by atoms with van der Waals surface area (Å²) in [5.74, 6) is -0.232. The zero-order valence-electron chi connectivity index (χ0n) is 11.8. The van der Waals surface area contributed by atoms with Crippen LogP contribution in [0.5, 0.6) is 0 Å². The number of hydrogen-bond acceptors (Lipinski definition) is 4. The molecule has 2 heterocycles. The molecule has 0 saturated carbocycles. The minimum Gasteiger partial charge on any atom is -0.395 e. The largest absolute Gasteiger partial charge is 0.395 e. The van der Waals surface area contributed by atoms with Crippen molar-refractivity contribution in [1.82, 2.24) is 9.88 Å². The summed E-state index contributed by atoms with van der Waals surface area (Å²) in [4.78, 5) is 6.84. The molecule has 1 aliphatic heterocycles. The van der Waals surface area contributed by atoms with Crippen LogP contribution in [0.3, 0.4) is 0 Å². The number of likely N-dealkylation sites (tertiary alicyclic amines) is 1. The van der Waals surface area contributed by atoms with Crippen molar-refractivity contribution < 1.29 is 9.50 Å². The van der Waals surface area contributed by atoms with Crippen molar-refractivity contribution in [3.63, 3.8) is 0 Å². The third-order valence-corrected chi connectivity index (χ3v) is 4.91. The molecule has 0 bridgehead atoms. The van der Waals surface area contributed by atoms with E-state index in [2.05, 4.69) is 9.88 Å². The van der Waals surface area contributed by atoms with Gasteiger partial charge in [-0.3, -0.25) is 4.90 Å². The molecule has 3 rings (SSSR count). The molecule has 5 heteroatoms. The Morgan fingerprint density at radius 3 is 3.00 bits per heavy atom. The Balaban J connectivity index is 1.75. The first-order valence-corrected chi connectivity index (χ1v) is 8.20. The van der Waals surface area contributed by atoms with Crippen molar-refractivity contribution in [3.05, 3.63) is 41.2 Å². The molecule has 0 aliphatic carbocycles. The van der Waals surface area contributed by atoms with Crippen molar-refractivity contribution in [2.45, 2.75) is 31.8 Å². The van der Waals surface area contributed by atoms with E-state index in [0.29, 0.717) is 5.56 Å². The van der Waals surface area contributed by atoms with Gasteiger partial charge in [0.05, 0.1) is 12.3 Å². The van der Waals surface area contributed by atoms with E-state index >= 15 is 0 Å². The first-order valence-electron chi connectivity index (χ1n) is 7.32. The van der Waals surface area contributed by atoms with Crippen LogP contribution < -0.4 is 0 Å². The molecular weight excluding hydrogens is 287 g/mol. The van der Waals surface area contributed by atoms with Gasteiger partial charge in [0, 0.05) is 23.5 Å². The highest BCUT2D eigenvalue weighted by Crippen LogP contribution is 2.27. The van der Waals surface area contributed by atoms with E-state index in [9.17, 15) is 9.50 Å². The summed E-state index contributed by atoms with van der Waals surface area (Å²) in [5, 5.41) is 12.2. The van der Waals surface area contributed by atoms with E-state index in [-0.39, 0.29) is 18.5 Å². The van der Waals surface area contributed by atoms with Crippen molar-refractivity contribution in [2.24, 2.45) is 0 Å². The average Bonchev–Trinajstić information content (AvgIpc) is 2.96. The van der Waals surface area contributed by atoms with Gasteiger partial charge in [0.25, 0.3) is 0 Å². The fraction of sp³-hybridized carbons (Fsp3) is 0.438. The van der Waals surface area contributed by atoms with Gasteiger partial charge >= 0.3 is 0 Å². The molecule has 1 saturated heterocycles. The fourth-order valence-corrected chi connectivity index (χ4v) is 3.66. The van der Waals surface area contributed by atoms with Gasteiger partial charge in [-0.05, 0) is 31.5 Å². The zero-order valence-corrected chi connectivity index (χ0v) is 12.7. The highest BCUT2D eigenvalue weighted by atomic mass is 32.1. The number of rotatable bonds is 4. The minimum absolute atomic E-state index is 0.199. The SMILES string of the molecule is OCC1CCCCN1Cc1csc(-c2ccccc2F)n1. The molecule has 1 aromatic carbocycles. The predicted molar refractivity (Wildman–Crippen MR) is 82.6 cm³/mol. The van der Waals surface area contributed by atoms with Crippen molar-refractivity contribution >= 4 is 11.3 Å². The maximum absolute atomic E-state index is 13.8. The number of piperidine rings is 1. The first-order chi connectivity index (χ1) is 10.3. The summed E-state index contributed by atoms with van der Waals surface area (Å²) in [5.41, 5.74) is 1.52. The smallest absolute Gasteiger partial charge is 0.133 e. The molecule has 1 aliphatic rings. The predicted octanol–water partition coefficient (Wildman–Crippen LogP) is 3.30. The summed E-state index contributed by atoms with van der Waals surface area (Å²) in [6.45, 7) is 1.93. The summed E-state index contributed by atoms with van der Waals surface area (Å²) in [7, 11) is 0. The molecule has 21 heavy (non-hydrogen) atoms. The molecule has 1 unspecified atom stereocenters. The van der Waals surface area contributed by atoms with Gasteiger partial charge in [-0.1, -0.05) is 18.6 Å². The van der Waals surface area contributed by atoms with Gasteiger partial charge in [0.1, 0.15) is 10.8 Å². The normalized spacial score (nSPS) is 19.8. The summed E-state index contributed by atoms with van der Waals surface area (Å²) in [6.07, 6.45) is 3.39. The van der Waals surface area contributed by atoms with Crippen LogP contribution in [0, 0.1) is 5.82 Å². The number of thiazole rings is 1. The lowest BCUT2D eigenvalue weighted by Gasteiger charge is -2.33. The number of hydrogen-bond donors (Lipinski definition) is 1. The van der Waals surface area contributed by atoms with Crippen LogP contribution in [-0.2, 0) is 6.54 Å². The van der Waals surface area contributed by atoms with Crippen molar-refractivity contribution in [2.75, 3.05) is 13.2 Å². The Morgan fingerprint density at radius 2 is 2.19 bits per heavy atom. The lowest BCUT2D eigenvalue weighted by molar-refractivity contribution is 0.0832. The molecule has 2 aromatic rings. The Labute approximate surface area is 128 Å². The molecular formula is C16H19FN2OS. The molecule has 0 amide bonds. The van der Waals surface area contributed by atoms with Crippen LogP contribution in [0.1, 0.15) is 25.0 Å². The second-order valence-corrected chi connectivity index (χ2v) is 6.28. The van der Waals surface area contributed by atoms with Gasteiger partial charge in [-0.25, -0.2) is 9.37 Å². The van der Waals surface area contributed by atoms with E-state index in [1.165, 1.54) is 30.2 Å². The highest BCUT2D eigenvalue weighted by Gasteiger charge is 2.22. The Hall–Kier alpha value is -1.30. The number of aliphatic hydroxyl groups is 1. The second kappa shape index (κ2) is 6.64. The van der Waals surface area contributed by atoms with Gasteiger partial charge in [-0.15, -0.1) is 11.3 Å². The van der Waals surface area contributed by atoms with Gasteiger partial charge < -0.3 is 5.11 Å². The first kappa shape index (κ1) is 14.6. The topological polar surface area (TPSA) is 36.4 Å². The van der Waals surface area contributed by atoms with Crippen LogP contribution >= 0.6 is 11.3 Å². The zero-order chi connectivity index (χ0) is 14.7. The molecule has 1 N–H and O–H groups in total. The van der Waals surface area contributed by atoms with Gasteiger partial charge in [0.2, 0.25) is 0 Å². The number of aliphatic hydroxyl groups excluding tert-OH is 1. The number of aromatic nitrogens is 1. The summed E-state index contributed by atoms with van der Waals surface area (Å²) >= 11 is 1.47. The van der Waals surface area contributed by atoms with E-state index in [0.717, 1.165) is 30.2 Å². The van der Waals surface area contributed by atoms with E-state index in [1.54, 1.807) is 12.1 Å². The summed E-state index contributed by atoms with van der Waals surface area (Å²) in [6, 6.07) is 6.97. The third kappa shape index (κ3) is 3.31. The van der Waals surface area contributed by atoms with Gasteiger partial charge in [0.15, 0.2) is 0 Å². The van der Waals surface area contributed by atoms with Crippen LogP contribution in [-0.4, -0.2) is 34.2 Å². The molecule has 0 radical (unpaired) electrons. The van der Waals surface area contributed by atoms with E-state index < -0.39 is 0 Å². The quantitative estimate of drug-likeness (QED) is 0.941. The fourth-order valence-electron chi connectivity index (χ4n) is 2.82. The minimum atomic E-state index is -0.232.